The van der Waals surface area contributed by atoms with Crippen LogP contribution in [0.15, 0.2) is 42.5 Å². The van der Waals surface area contributed by atoms with Gasteiger partial charge in [-0.25, -0.2) is 0 Å². The lowest BCUT2D eigenvalue weighted by molar-refractivity contribution is 0.0929. The Morgan fingerprint density at radius 2 is 1.90 bits per heavy atom. The van der Waals surface area contributed by atoms with E-state index in [1.54, 1.807) is 6.07 Å². The minimum absolute atomic E-state index is 0.0517. The molecule has 0 radical (unpaired) electrons. The summed E-state index contributed by atoms with van der Waals surface area (Å²) in [6.45, 7) is 0. The van der Waals surface area contributed by atoms with Crippen molar-refractivity contribution < 1.29 is 15.0 Å². The first-order valence-electron chi connectivity index (χ1n) is 7.06. The third kappa shape index (κ3) is 2.57. The molecule has 4 heteroatoms. The van der Waals surface area contributed by atoms with Gasteiger partial charge in [0.05, 0.1) is 11.6 Å². The zero-order valence-electron chi connectivity index (χ0n) is 11.5. The van der Waals surface area contributed by atoms with Gasteiger partial charge in [-0.05, 0) is 42.5 Å². The Balaban J connectivity index is 1.85. The Morgan fingerprint density at radius 3 is 2.76 bits per heavy atom. The fourth-order valence-corrected chi connectivity index (χ4v) is 2.85. The van der Waals surface area contributed by atoms with Crippen molar-refractivity contribution in [2.24, 2.45) is 0 Å². The van der Waals surface area contributed by atoms with E-state index in [1.807, 2.05) is 18.2 Å². The summed E-state index contributed by atoms with van der Waals surface area (Å²) in [5.74, 6) is -1.03. The number of aromatic hydroxyl groups is 2. The van der Waals surface area contributed by atoms with E-state index in [0.717, 1.165) is 24.8 Å². The van der Waals surface area contributed by atoms with Crippen molar-refractivity contribution in [2.75, 3.05) is 0 Å². The van der Waals surface area contributed by atoms with Gasteiger partial charge < -0.3 is 15.5 Å². The van der Waals surface area contributed by atoms with Crippen molar-refractivity contribution in [3.8, 4) is 11.5 Å². The van der Waals surface area contributed by atoms with E-state index < -0.39 is 0 Å². The van der Waals surface area contributed by atoms with Gasteiger partial charge in [0.15, 0.2) is 11.5 Å². The second kappa shape index (κ2) is 5.48. The molecule has 1 amide bonds. The van der Waals surface area contributed by atoms with E-state index in [-0.39, 0.29) is 29.0 Å². The van der Waals surface area contributed by atoms with Crippen molar-refractivity contribution in [2.45, 2.75) is 25.3 Å². The van der Waals surface area contributed by atoms with Gasteiger partial charge in [0.25, 0.3) is 5.91 Å². The molecule has 2 aromatic rings. The molecular formula is C17H17NO3. The summed E-state index contributed by atoms with van der Waals surface area (Å²) in [5.41, 5.74) is 2.49. The molecule has 1 aliphatic carbocycles. The second-order valence-electron chi connectivity index (χ2n) is 5.29. The highest BCUT2D eigenvalue weighted by molar-refractivity contribution is 5.97. The summed E-state index contributed by atoms with van der Waals surface area (Å²) in [6.07, 6.45) is 2.93. The molecule has 2 aromatic carbocycles. The van der Waals surface area contributed by atoms with Gasteiger partial charge in [-0.15, -0.1) is 0 Å². The monoisotopic (exact) mass is 283 g/mol. The van der Waals surface area contributed by atoms with Gasteiger partial charge >= 0.3 is 0 Å². The zero-order valence-corrected chi connectivity index (χ0v) is 11.5. The highest BCUT2D eigenvalue weighted by Crippen LogP contribution is 2.32. The molecule has 1 atom stereocenters. The summed E-state index contributed by atoms with van der Waals surface area (Å²) < 4.78 is 0. The molecular weight excluding hydrogens is 266 g/mol. The van der Waals surface area contributed by atoms with Crippen LogP contribution in [0.25, 0.3) is 0 Å². The second-order valence-corrected chi connectivity index (χ2v) is 5.29. The van der Waals surface area contributed by atoms with Crippen molar-refractivity contribution in [1.29, 1.82) is 0 Å². The summed E-state index contributed by atoms with van der Waals surface area (Å²) in [4.78, 5) is 12.3. The normalized spacial score (nSPS) is 17.0. The maximum atomic E-state index is 12.3. The SMILES string of the molecule is O=C(N[C@@H]1CCCc2ccccc21)c1cccc(O)c1O. The van der Waals surface area contributed by atoms with Crippen LogP contribution in [0.3, 0.4) is 0 Å². The lowest BCUT2D eigenvalue weighted by atomic mass is 9.87. The Kier molecular flexibility index (Phi) is 3.52. The van der Waals surface area contributed by atoms with Crippen molar-refractivity contribution >= 4 is 5.91 Å². The van der Waals surface area contributed by atoms with E-state index in [1.165, 1.54) is 17.7 Å². The minimum atomic E-state index is -0.376. The van der Waals surface area contributed by atoms with Gasteiger partial charge in [-0.3, -0.25) is 4.79 Å². The van der Waals surface area contributed by atoms with Crippen LogP contribution in [-0.4, -0.2) is 16.1 Å². The van der Waals surface area contributed by atoms with Crippen LogP contribution >= 0.6 is 0 Å². The number of carbonyl (C=O) groups is 1. The molecule has 0 aromatic heterocycles. The summed E-state index contributed by atoms with van der Waals surface area (Å²) in [6, 6.07) is 12.4. The quantitative estimate of drug-likeness (QED) is 0.742. The van der Waals surface area contributed by atoms with Gasteiger partial charge in [-0.2, -0.15) is 0 Å². The number of hydrogen-bond donors (Lipinski definition) is 3. The van der Waals surface area contributed by atoms with Crippen LogP contribution in [0.1, 0.15) is 40.4 Å². The maximum Gasteiger partial charge on any atom is 0.255 e. The first kappa shape index (κ1) is 13.5. The number of fused-ring (bicyclic) bond motifs is 1. The fraction of sp³-hybridized carbons (Fsp3) is 0.235. The highest BCUT2D eigenvalue weighted by atomic mass is 16.3. The van der Waals surface area contributed by atoms with Gasteiger partial charge in [0, 0.05) is 0 Å². The van der Waals surface area contributed by atoms with Crippen LogP contribution < -0.4 is 5.32 Å². The first-order valence-corrected chi connectivity index (χ1v) is 7.06. The van der Waals surface area contributed by atoms with E-state index in [0.29, 0.717) is 0 Å². The largest absolute Gasteiger partial charge is 0.504 e. The Hall–Kier alpha value is -2.49. The average molecular weight is 283 g/mol. The smallest absolute Gasteiger partial charge is 0.255 e. The third-order valence-electron chi connectivity index (χ3n) is 3.93. The number of para-hydroxylation sites is 1. The molecule has 3 rings (SSSR count). The lowest BCUT2D eigenvalue weighted by Crippen LogP contribution is -2.31. The zero-order chi connectivity index (χ0) is 14.8. The molecule has 0 aliphatic heterocycles. The Morgan fingerprint density at radius 1 is 1.10 bits per heavy atom. The number of amides is 1. The van der Waals surface area contributed by atoms with Gasteiger partial charge in [0.2, 0.25) is 0 Å². The average Bonchev–Trinajstić information content (AvgIpc) is 2.50. The third-order valence-corrected chi connectivity index (χ3v) is 3.93. The molecule has 0 spiro atoms. The number of phenolic OH excluding ortho intramolecular Hbond substituents is 2. The molecule has 108 valence electrons. The lowest BCUT2D eigenvalue weighted by Gasteiger charge is -2.26. The van der Waals surface area contributed by atoms with Crippen molar-refractivity contribution in [3.05, 3.63) is 59.2 Å². The predicted octanol–water partition coefficient (Wildman–Crippen LogP) is 2.91. The standard InChI is InChI=1S/C17H17NO3/c19-15-10-4-8-13(16(15)20)17(21)18-14-9-3-6-11-5-1-2-7-12(11)14/h1-2,4-5,7-8,10,14,19-20H,3,6,9H2,(H,18,21)/t14-/m1/s1. The first-order chi connectivity index (χ1) is 10.2. The number of hydrogen-bond acceptors (Lipinski definition) is 3. The number of carbonyl (C=O) groups excluding carboxylic acids is 1. The van der Waals surface area contributed by atoms with Gasteiger partial charge in [-0.1, -0.05) is 30.3 Å². The molecule has 0 fully saturated rings. The van der Waals surface area contributed by atoms with Crippen LogP contribution in [0.2, 0.25) is 0 Å². The molecule has 0 saturated carbocycles. The van der Waals surface area contributed by atoms with Crippen LogP contribution in [-0.2, 0) is 6.42 Å². The van der Waals surface area contributed by atoms with E-state index >= 15 is 0 Å². The Bertz CT molecular complexity index is 681. The number of aryl methyl sites for hydroxylation is 1. The van der Waals surface area contributed by atoms with E-state index in [9.17, 15) is 15.0 Å². The fourth-order valence-electron chi connectivity index (χ4n) is 2.85. The van der Waals surface area contributed by atoms with Gasteiger partial charge in [0.1, 0.15) is 0 Å². The van der Waals surface area contributed by atoms with Crippen molar-refractivity contribution in [3.63, 3.8) is 0 Å². The molecule has 0 saturated heterocycles. The van der Waals surface area contributed by atoms with Crippen LogP contribution in [0.4, 0.5) is 0 Å². The Labute approximate surface area is 123 Å². The number of nitrogens with one attached hydrogen (secondary N) is 1. The maximum absolute atomic E-state index is 12.3. The molecule has 1 aliphatic rings. The summed E-state index contributed by atoms with van der Waals surface area (Å²) in [7, 11) is 0. The summed E-state index contributed by atoms with van der Waals surface area (Å²) in [5, 5.41) is 22.2. The topological polar surface area (TPSA) is 69.6 Å². The molecule has 21 heavy (non-hydrogen) atoms. The molecule has 4 nitrogen and oxygen atoms in total. The highest BCUT2D eigenvalue weighted by Gasteiger charge is 2.23. The van der Waals surface area contributed by atoms with E-state index in [2.05, 4.69) is 11.4 Å². The molecule has 3 N–H and O–H groups in total. The van der Waals surface area contributed by atoms with Crippen LogP contribution in [0.5, 0.6) is 11.5 Å². The molecule has 0 unspecified atom stereocenters. The number of benzene rings is 2. The summed E-state index contributed by atoms with van der Waals surface area (Å²) >= 11 is 0. The predicted molar refractivity (Wildman–Crippen MR) is 79.4 cm³/mol. The number of phenols is 2. The van der Waals surface area contributed by atoms with E-state index in [4.69, 9.17) is 0 Å². The number of rotatable bonds is 2. The van der Waals surface area contributed by atoms with Crippen LogP contribution in [0, 0.1) is 0 Å². The van der Waals surface area contributed by atoms with Crippen molar-refractivity contribution in [1.82, 2.24) is 5.32 Å². The molecule has 0 bridgehead atoms. The molecule has 0 heterocycles. The minimum Gasteiger partial charge on any atom is -0.504 e.